The molecule has 0 spiro atoms. The molecule has 9 nitrogen and oxygen atoms in total. The summed E-state index contributed by atoms with van der Waals surface area (Å²) in [5.74, 6) is -2.13. The third-order valence-electron chi connectivity index (χ3n) is 5.13. The molecule has 146 valence electrons. The lowest BCUT2D eigenvalue weighted by molar-refractivity contribution is -0.119. The molecule has 1 aromatic rings. The lowest BCUT2D eigenvalue weighted by atomic mass is 9.97. The molecule has 1 atom stereocenters. The fourth-order valence-corrected chi connectivity index (χ4v) is 5.02. The maximum atomic E-state index is 15.2. The van der Waals surface area contributed by atoms with E-state index in [0.29, 0.717) is 41.4 Å². The Hall–Kier alpha value is -2.40. The minimum atomic E-state index is -4.23. The Morgan fingerprint density at radius 3 is 2.63 bits per heavy atom. The van der Waals surface area contributed by atoms with Crippen molar-refractivity contribution in [1.82, 2.24) is 14.9 Å². The molecule has 3 aliphatic rings. The Morgan fingerprint density at radius 1 is 1.22 bits per heavy atom. The highest BCUT2D eigenvalue weighted by Gasteiger charge is 2.39. The van der Waals surface area contributed by atoms with E-state index in [9.17, 15) is 23.1 Å². The molecule has 4 rings (SSSR count). The Labute approximate surface area is 155 Å². The van der Waals surface area contributed by atoms with Gasteiger partial charge in [0.05, 0.1) is 0 Å². The van der Waals surface area contributed by atoms with Crippen molar-refractivity contribution in [3.63, 3.8) is 0 Å². The molecule has 2 amide bonds. The zero-order valence-electron chi connectivity index (χ0n) is 14.4. The fraction of sp³-hybridized carbons (Fsp3) is 0.500. The van der Waals surface area contributed by atoms with Crippen LogP contribution in [0, 0.1) is 5.82 Å². The first kappa shape index (κ1) is 18.0. The zero-order chi connectivity index (χ0) is 19.3. The van der Waals surface area contributed by atoms with Gasteiger partial charge in [-0.15, -0.1) is 0 Å². The van der Waals surface area contributed by atoms with E-state index < -0.39 is 39.9 Å². The Morgan fingerprint density at radius 2 is 2.00 bits per heavy atom. The number of aromatic hydroxyl groups is 1. The molecule has 3 heterocycles. The van der Waals surface area contributed by atoms with E-state index >= 15 is 4.39 Å². The number of nitrogens with one attached hydrogen (secondary N) is 2. The fourth-order valence-electron chi connectivity index (χ4n) is 3.86. The van der Waals surface area contributed by atoms with Crippen molar-refractivity contribution in [3.05, 3.63) is 23.0 Å². The predicted octanol–water partition coefficient (Wildman–Crippen LogP) is -0.651. The second-order valence-electron chi connectivity index (χ2n) is 7.02. The highest BCUT2D eigenvalue weighted by atomic mass is 32.2. The van der Waals surface area contributed by atoms with Crippen LogP contribution in [0.4, 0.5) is 10.1 Å². The van der Waals surface area contributed by atoms with E-state index in [4.69, 9.17) is 0 Å². The highest BCUT2D eigenvalue weighted by Crippen LogP contribution is 2.39. The highest BCUT2D eigenvalue weighted by molar-refractivity contribution is 7.92. The van der Waals surface area contributed by atoms with Gasteiger partial charge in [-0.3, -0.25) is 14.5 Å². The third-order valence-corrected chi connectivity index (χ3v) is 6.50. The number of amides is 2. The molecular weight excluding hydrogens is 379 g/mol. The minimum Gasteiger partial charge on any atom is -0.506 e. The Bertz CT molecular complexity index is 935. The van der Waals surface area contributed by atoms with Crippen LogP contribution in [0.3, 0.4) is 0 Å². The summed E-state index contributed by atoms with van der Waals surface area (Å²) < 4.78 is 41.6. The molecule has 11 heteroatoms. The Kier molecular flexibility index (Phi) is 4.22. The van der Waals surface area contributed by atoms with E-state index in [1.54, 1.807) is 4.72 Å². The molecule has 0 saturated carbocycles. The number of carbonyl (C=O) groups excluding carboxylic acids is 2. The number of rotatable bonds is 3. The van der Waals surface area contributed by atoms with Gasteiger partial charge in [-0.1, -0.05) is 0 Å². The number of halogens is 1. The van der Waals surface area contributed by atoms with Gasteiger partial charge >= 0.3 is 10.2 Å². The standard InChI is InChI=1S/C16H19FN4O5S/c17-15-11-7-20(6-10-1-2-13(23)18-10)4-3-9(11)5-12(22)16(15)21-8-14(24)19-27(21,25)26/h5,10,22H,1-4,6-8H2,(H,18,23)(H,19,24)/t10-/m0/s1. The van der Waals surface area contributed by atoms with E-state index in [-0.39, 0.29) is 18.5 Å². The summed E-state index contributed by atoms with van der Waals surface area (Å²) in [7, 11) is -4.23. The molecule has 27 heavy (non-hydrogen) atoms. The monoisotopic (exact) mass is 398 g/mol. The van der Waals surface area contributed by atoms with Gasteiger partial charge in [-0.25, -0.2) is 13.4 Å². The van der Waals surface area contributed by atoms with Crippen LogP contribution >= 0.6 is 0 Å². The van der Waals surface area contributed by atoms with E-state index in [1.165, 1.54) is 6.07 Å². The molecule has 3 N–H and O–H groups in total. The lowest BCUT2D eigenvalue weighted by Gasteiger charge is -2.32. The summed E-state index contributed by atoms with van der Waals surface area (Å²) in [5, 5.41) is 13.1. The number of hydrogen-bond donors (Lipinski definition) is 3. The molecule has 0 unspecified atom stereocenters. The van der Waals surface area contributed by atoms with Gasteiger partial charge in [0.15, 0.2) is 5.82 Å². The van der Waals surface area contributed by atoms with Crippen LogP contribution in [-0.2, 0) is 32.8 Å². The van der Waals surface area contributed by atoms with Crippen LogP contribution in [0.2, 0.25) is 0 Å². The predicted molar refractivity (Wildman–Crippen MR) is 92.6 cm³/mol. The van der Waals surface area contributed by atoms with Gasteiger partial charge in [0.1, 0.15) is 18.0 Å². The average Bonchev–Trinajstić information content (AvgIpc) is 3.10. The van der Waals surface area contributed by atoms with Crippen LogP contribution in [-0.4, -0.2) is 55.9 Å². The first-order valence-electron chi connectivity index (χ1n) is 8.63. The molecule has 1 aromatic carbocycles. The second-order valence-corrected chi connectivity index (χ2v) is 8.62. The number of nitrogens with zero attached hydrogens (tertiary/aromatic N) is 2. The van der Waals surface area contributed by atoms with Crippen molar-refractivity contribution in [3.8, 4) is 5.75 Å². The normalized spacial score (nSPS) is 24.6. The van der Waals surface area contributed by atoms with Crippen molar-refractivity contribution < 1.29 is 27.5 Å². The van der Waals surface area contributed by atoms with Crippen LogP contribution in [0.15, 0.2) is 6.07 Å². The number of hydrogen-bond acceptors (Lipinski definition) is 6. The van der Waals surface area contributed by atoms with Crippen LogP contribution < -0.4 is 14.3 Å². The third kappa shape index (κ3) is 3.21. The minimum absolute atomic E-state index is 0.00667. The first-order chi connectivity index (χ1) is 12.7. The van der Waals surface area contributed by atoms with Crippen molar-refractivity contribution in [2.75, 3.05) is 23.9 Å². The summed E-state index contributed by atoms with van der Waals surface area (Å²) in [6.45, 7) is 0.863. The zero-order valence-corrected chi connectivity index (χ0v) is 15.2. The second kappa shape index (κ2) is 6.34. The summed E-state index contributed by atoms with van der Waals surface area (Å²) in [6, 6.07) is 1.38. The molecule has 0 radical (unpaired) electrons. The van der Waals surface area contributed by atoms with Crippen LogP contribution in [0.1, 0.15) is 24.0 Å². The first-order valence-corrected chi connectivity index (χ1v) is 10.1. The molecule has 2 fully saturated rings. The largest absolute Gasteiger partial charge is 0.506 e. The smallest absolute Gasteiger partial charge is 0.326 e. The number of benzene rings is 1. The van der Waals surface area contributed by atoms with Gasteiger partial charge in [-0.05, 0) is 24.5 Å². The summed E-state index contributed by atoms with van der Waals surface area (Å²) in [5.41, 5.74) is 0.396. The average molecular weight is 398 g/mol. The molecule has 0 aromatic heterocycles. The van der Waals surface area contributed by atoms with Crippen molar-refractivity contribution >= 4 is 27.7 Å². The van der Waals surface area contributed by atoms with E-state index in [0.717, 1.165) is 6.42 Å². The van der Waals surface area contributed by atoms with Gasteiger partial charge in [0.2, 0.25) is 5.91 Å². The quantitative estimate of drug-likeness (QED) is 0.623. The van der Waals surface area contributed by atoms with Gasteiger partial charge in [0.25, 0.3) is 5.91 Å². The van der Waals surface area contributed by atoms with Gasteiger partial charge in [-0.2, -0.15) is 8.42 Å². The number of anilines is 1. The number of phenolic OH excluding ortho intramolecular Hbond substituents is 1. The van der Waals surface area contributed by atoms with Crippen LogP contribution in [0.5, 0.6) is 5.75 Å². The van der Waals surface area contributed by atoms with Crippen molar-refractivity contribution in [2.24, 2.45) is 0 Å². The SMILES string of the molecule is O=C1CC[C@@H](CN2CCc3cc(O)c(N4CC(=O)NS4(=O)=O)c(F)c3C2)N1. The van der Waals surface area contributed by atoms with Gasteiger partial charge in [0, 0.05) is 37.7 Å². The van der Waals surface area contributed by atoms with E-state index in [1.807, 2.05) is 4.90 Å². The number of carbonyl (C=O) groups is 2. The molecular formula is C16H19FN4O5S. The maximum absolute atomic E-state index is 15.2. The summed E-state index contributed by atoms with van der Waals surface area (Å²) in [6.07, 6.45) is 1.70. The molecule has 0 aliphatic carbocycles. The van der Waals surface area contributed by atoms with E-state index in [2.05, 4.69) is 5.32 Å². The molecule has 2 saturated heterocycles. The topological polar surface area (TPSA) is 119 Å². The summed E-state index contributed by atoms with van der Waals surface area (Å²) >= 11 is 0. The van der Waals surface area contributed by atoms with Gasteiger partial charge < -0.3 is 10.4 Å². The number of phenols is 1. The summed E-state index contributed by atoms with van der Waals surface area (Å²) in [4.78, 5) is 24.8. The molecule has 3 aliphatic heterocycles. The van der Waals surface area contributed by atoms with Crippen molar-refractivity contribution in [2.45, 2.75) is 31.8 Å². The number of fused-ring (bicyclic) bond motifs is 1. The Balaban J connectivity index is 1.63. The lowest BCUT2D eigenvalue weighted by Crippen LogP contribution is -2.41. The molecule has 0 bridgehead atoms. The van der Waals surface area contributed by atoms with Crippen molar-refractivity contribution in [1.29, 1.82) is 0 Å². The van der Waals surface area contributed by atoms with Crippen LogP contribution in [0.25, 0.3) is 0 Å². The maximum Gasteiger partial charge on any atom is 0.326 e.